The Kier molecular flexibility index (Phi) is 4.85. The molecule has 0 atom stereocenters. The number of methoxy groups -OCH3 is 1. The van der Waals surface area contributed by atoms with E-state index in [4.69, 9.17) is 4.74 Å². The van der Waals surface area contributed by atoms with Crippen molar-refractivity contribution in [1.29, 1.82) is 0 Å². The smallest absolute Gasteiger partial charge is 0.342 e. The summed E-state index contributed by atoms with van der Waals surface area (Å²) in [4.78, 5) is 43.7. The minimum atomic E-state index is -0.661. The molecule has 31 heavy (non-hydrogen) atoms. The van der Waals surface area contributed by atoms with E-state index in [1.807, 2.05) is 32.0 Å². The van der Waals surface area contributed by atoms with Crippen LogP contribution in [0.4, 0.5) is 0 Å². The van der Waals surface area contributed by atoms with E-state index < -0.39 is 17.2 Å². The zero-order valence-electron chi connectivity index (χ0n) is 17.7. The highest BCUT2D eigenvalue weighted by Gasteiger charge is 2.28. The highest BCUT2D eigenvalue weighted by atomic mass is 32.1. The van der Waals surface area contributed by atoms with Crippen molar-refractivity contribution < 1.29 is 14.6 Å². The monoisotopic (exact) mass is 439 g/mol. The Hall–Kier alpha value is -3.59. The second-order valence-electron chi connectivity index (χ2n) is 7.42. The number of aromatic nitrogens is 3. The van der Waals surface area contributed by atoms with Crippen LogP contribution >= 0.6 is 11.3 Å². The van der Waals surface area contributed by atoms with Crippen LogP contribution in [0.2, 0.25) is 0 Å². The van der Waals surface area contributed by atoms with Crippen LogP contribution < -0.4 is 11.2 Å². The number of nitrogens with one attached hydrogen (secondary N) is 2. The summed E-state index contributed by atoms with van der Waals surface area (Å²) in [6.45, 7) is 5.67. The fourth-order valence-electron chi connectivity index (χ4n) is 3.69. The molecule has 0 unspecified atom stereocenters. The Morgan fingerprint density at radius 2 is 1.84 bits per heavy atom. The Morgan fingerprint density at radius 1 is 1.13 bits per heavy atom. The number of aromatic hydroxyl groups is 1. The van der Waals surface area contributed by atoms with Crippen LogP contribution in [-0.4, -0.2) is 32.7 Å². The van der Waals surface area contributed by atoms with Gasteiger partial charge >= 0.3 is 11.7 Å². The van der Waals surface area contributed by atoms with Gasteiger partial charge in [0.25, 0.3) is 5.56 Å². The number of rotatable bonds is 3. The molecule has 0 saturated carbocycles. The van der Waals surface area contributed by atoms with Gasteiger partial charge in [0.2, 0.25) is 0 Å². The molecule has 4 rings (SSSR count). The van der Waals surface area contributed by atoms with E-state index in [0.717, 1.165) is 16.7 Å². The Balaban J connectivity index is 2.17. The number of aryl methyl sites for hydroxylation is 4. The number of hydrogen-bond acceptors (Lipinski definition) is 6. The van der Waals surface area contributed by atoms with Gasteiger partial charge in [-0.1, -0.05) is 12.1 Å². The van der Waals surface area contributed by atoms with E-state index in [9.17, 15) is 19.5 Å². The van der Waals surface area contributed by atoms with Gasteiger partial charge in [-0.25, -0.2) is 9.59 Å². The number of aromatic amines is 2. The first kappa shape index (κ1) is 20.7. The molecule has 160 valence electrons. The van der Waals surface area contributed by atoms with Crippen LogP contribution in [0.1, 0.15) is 26.4 Å². The van der Waals surface area contributed by atoms with Gasteiger partial charge in [-0.3, -0.25) is 14.3 Å². The zero-order valence-corrected chi connectivity index (χ0v) is 18.5. The van der Waals surface area contributed by atoms with Gasteiger partial charge in [0, 0.05) is 17.5 Å². The average Bonchev–Trinajstić information content (AvgIpc) is 3.25. The maximum atomic E-state index is 12.8. The molecule has 3 N–H and O–H groups in total. The molecule has 8 nitrogen and oxygen atoms in total. The molecule has 0 amide bonds. The lowest BCUT2D eigenvalue weighted by atomic mass is 10.00. The lowest BCUT2D eigenvalue weighted by Gasteiger charge is -2.07. The number of esters is 1. The summed E-state index contributed by atoms with van der Waals surface area (Å²) in [6.07, 6.45) is 0. The molecule has 0 radical (unpaired) electrons. The highest BCUT2D eigenvalue weighted by Crippen LogP contribution is 2.47. The molecule has 0 aliphatic rings. The maximum absolute atomic E-state index is 12.8. The summed E-state index contributed by atoms with van der Waals surface area (Å²) in [5.41, 5.74) is 3.18. The minimum absolute atomic E-state index is 0.0594. The van der Waals surface area contributed by atoms with Crippen LogP contribution in [-0.2, 0) is 11.8 Å². The van der Waals surface area contributed by atoms with Crippen LogP contribution in [0.25, 0.3) is 32.7 Å². The van der Waals surface area contributed by atoms with Crippen LogP contribution in [0.3, 0.4) is 0 Å². The Labute approximate surface area is 180 Å². The summed E-state index contributed by atoms with van der Waals surface area (Å²) in [7, 11) is 2.79. The normalized spacial score (nSPS) is 11.3. The minimum Gasteiger partial charge on any atom is -0.505 e. The predicted octanol–water partition coefficient (Wildman–Crippen LogP) is 3.37. The van der Waals surface area contributed by atoms with Gasteiger partial charge in [-0.2, -0.15) is 0 Å². The summed E-state index contributed by atoms with van der Waals surface area (Å²) >= 11 is 1.18. The van der Waals surface area contributed by atoms with Gasteiger partial charge in [-0.05, 0) is 43.5 Å². The lowest BCUT2D eigenvalue weighted by molar-refractivity contribution is 0.0597. The molecular formula is C22H21N3O5S. The van der Waals surface area contributed by atoms with E-state index in [1.54, 1.807) is 14.0 Å². The SMILES string of the molecule is COC(=O)c1c(C)sc(-c2c(-c3ccc(C)c(C)c3)[nH]c3c2c(=O)[nH]c(=O)n3C)c1O. The van der Waals surface area contributed by atoms with Crippen molar-refractivity contribution in [3.63, 3.8) is 0 Å². The second kappa shape index (κ2) is 7.28. The van der Waals surface area contributed by atoms with Gasteiger partial charge in [0.15, 0.2) is 0 Å². The number of carbonyl (C=O) groups excluding carboxylic acids is 1. The van der Waals surface area contributed by atoms with Crippen molar-refractivity contribution in [2.75, 3.05) is 7.11 Å². The largest absolute Gasteiger partial charge is 0.505 e. The molecule has 3 heterocycles. The molecule has 9 heteroatoms. The number of H-pyrrole nitrogens is 2. The van der Waals surface area contributed by atoms with Crippen molar-refractivity contribution in [3.8, 4) is 27.4 Å². The molecule has 0 fully saturated rings. The lowest BCUT2D eigenvalue weighted by Crippen LogP contribution is -2.28. The quantitative estimate of drug-likeness (QED) is 0.423. The molecular weight excluding hydrogens is 418 g/mol. The molecule has 3 aromatic heterocycles. The van der Waals surface area contributed by atoms with E-state index in [0.29, 0.717) is 26.7 Å². The molecule has 4 aromatic rings. The number of hydrogen-bond donors (Lipinski definition) is 3. The third-order valence-corrected chi connectivity index (χ3v) is 6.65. The van der Waals surface area contributed by atoms with Crippen molar-refractivity contribution >= 4 is 28.3 Å². The first-order valence-corrected chi connectivity index (χ1v) is 10.3. The van der Waals surface area contributed by atoms with E-state index in [1.165, 1.54) is 23.0 Å². The predicted molar refractivity (Wildman–Crippen MR) is 120 cm³/mol. The standard InChI is InChI=1S/C22H21N3O5S/c1-9-6-7-12(8-10(9)2)16-14(15-19(23-16)25(4)22(29)24-20(15)27)18-17(26)13(11(3)31-18)21(28)30-5/h6-8,23,26H,1-5H3,(H,24,27,29). The maximum Gasteiger partial charge on any atom is 0.342 e. The van der Waals surface area contributed by atoms with Crippen molar-refractivity contribution in [2.24, 2.45) is 7.05 Å². The number of benzene rings is 1. The molecule has 0 aliphatic heterocycles. The van der Waals surface area contributed by atoms with Crippen LogP contribution in [0.5, 0.6) is 5.75 Å². The molecule has 0 spiro atoms. The third-order valence-electron chi connectivity index (χ3n) is 5.54. The summed E-state index contributed by atoms with van der Waals surface area (Å²) in [5.74, 6) is -0.917. The third kappa shape index (κ3) is 3.09. The number of thiophene rings is 1. The van der Waals surface area contributed by atoms with Crippen LogP contribution in [0.15, 0.2) is 27.8 Å². The van der Waals surface area contributed by atoms with Gasteiger partial charge in [0.1, 0.15) is 17.0 Å². The van der Waals surface area contributed by atoms with Crippen molar-refractivity contribution in [2.45, 2.75) is 20.8 Å². The second-order valence-corrected chi connectivity index (χ2v) is 8.64. The molecule has 0 bridgehead atoms. The molecule has 0 saturated heterocycles. The topological polar surface area (TPSA) is 117 Å². The van der Waals surface area contributed by atoms with E-state index >= 15 is 0 Å². The van der Waals surface area contributed by atoms with E-state index in [-0.39, 0.29) is 16.7 Å². The van der Waals surface area contributed by atoms with E-state index in [2.05, 4.69) is 9.97 Å². The van der Waals surface area contributed by atoms with Gasteiger partial charge < -0.3 is 14.8 Å². The van der Waals surface area contributed by atoms with Gasteiger partial charge in [0.05, 0.1) is 23.1 Å². The van der Waals surface area contributed by atoms with Gasteiger partial charge in [-0.15, -0.1) is 11.3 Å². The summed E-state index contributed by atoms with van der Waals surface area (Å²) in [5, 5.41) is 11.2. The zero-order chi connectivity index (χ0) is 22.6. The Morgan fingerprint density at radius 3 is 2.48 bits per heavy atom. The number of carbonyl (C=O) groups is 1. The molecule has 0 aliphatic carbocycles. The van der Waals surface area contributed by atoms with Crippen molar-refractivity contribution in [1.82, 2.24) is 14.5 Å². The first-order valence-electron chi connectivity index (χ1n) is 9.49. The highest BCUT2D eigenvalue weighted by molar-refractivity contribution is 7.16. The van der Waals surface area contributed by atoms with Crippen LogP contribution in [0, 0.1) is 20.8 Å². The fraction of sp³-hybridized carbons (Fsp3) is 0.227. The summed E-state index contributed by atoms with van der Waals surface area (Å²) in [6, 6.07) is 5.83. The number of nitrogens with zero attached hydrogens (tertiary/aromatic N) is 1. The van der Waals surface area contributed by atoms with Crippen molar-refractivity contribution in [3.05, 3.63) is 60.6 Å². The fourth-order valence-corrected chi connectivity index (χ4v) is 4.78. The number of ether oxygens (including phenoxy) is 1. The number of fused-ring (bicyclic) bond motifs is 1. The summed E-state index contributed by atoms with van der Waals surface area (Å²) < 4.78 is 6.11. The molecule has 1 aromatic carbocycles. The average molecular weight is 439 g/mol. The first-order chi connectivity index (χ1) is 14.6. The Bertz CT molecular complexity index is 1490.